The number of hydrogen-bond acceptors (Lipinski definition) is 5. The summed E-state index contributed by atoms with van der Waals surface area (Å²) in [5.41, 5.74) is 4.07. The van der Waals surface area contributed by atoms with Crippen LogP contribution in [0.4, 0.5) is 5.82 Å². The van der Waals surface area contributed by atoms with Crippen LogP contribution in [0, 0.1) is 0 Å². The van der Waals surface area contributed by atoms with Crippen molar-refractivity contribution in [3.05, 3.63) is 48.3 Å². The Balaban J connectivity index is 1.72. The lowest BCUT2D eigenvalue weighted by Crippen LogP contribution is -2.31. The third-order valence-electron chi connectivity index (χ3n) is 4.22. The third-order valence-corrected chi connectivity index (χ3v) is 4.22. The molecule has 0 saturated carbocycles. The summed E-state index contributed by atoms with van der Waals surface area (Å²) in [7, 11) is 0. The summed E-state index contributed by atoms with van der Waals surface area (Å²) >= 11 is 0. The van der Waals surface area contributed by atoms with E-state index in [1.165, 1.54) is 5.56 Å². The molecule has 0 aliphatic carbocycles. The van der Waals surface area contributed by atoms with Crippen LogP contribution in [0.3, 0.4) is 0 Å². The number of fused-ring (bicyclic) bond motifs is 4. The molecule has 7 heteroatoms. The van der Waals surface area contributed by atoms with E-state index in [1.54, 1.807) is 4.52 Å². The van der Waals surface area contributed by atoms with Crippen molar-refractivity contribution in [2.24, 2.45) is 0 Å². The van der Waals surface area contributed by atoms with Crippen LogP contribution in [-0.2, 0) is 11.3 Å². The van der Waals surface area contributed by atoms with Crippen LogP contribution in [-0.4, -0.2) is 40.1 Å². The molecule has 3 aromatic rings. The molecule has 4 bridgehead atoms. The molecule has 0 atom stereocenters. The van der Waals surface area contributed by atoms with Gasteiger partial charge in [0.05, 0.1) is 6.20 Å². The van der Waals surface area contributed by atoms with E-state index in [2.05, 4.69) is 44.2 Å². The number of nitrogens with zero attached hydrogens (tertiary/aromatic N) is 3. The van der Waals surface area contributed by atoms with Gasteiger partial charge in [-0.3, -0.25) is 4.79 Å². The molecule has 25 heavy (non-hydrogen) atoms. The van der Waals surface area contributed by atoms with E-state index < -0.39 is 0 Å². The van der Waals surface area contributed by atoms with Crippen molar-refractivity contribution in [1.82, 2.24) is 25.2 Å². The minimum absolute atomic E-state index is 0.0524. The van der Waals surface area contributed by atoms with E-state index in [9.17, 15) is 4.79 Å². The van der Waals surface area contributed by atoms with Gasteiger partial charge < -0.3 is 16.0 Å². The summed E-state index contributed by atoms with van der Waals surface area (Å²) in [6.45, 7) is 2.57. The fraction of sp³-hybridized carbons (Fsp3) is 0.278. The first-order valence-electron chi connectivity index (χ1n) is 8.44. The maximum Gasteiger partial charge on any atom is 0.221 e. The summed E-state index contributed by atoms with van der Waals surface area (Å²) in [5, 5.41) is 13.9. The fourth-order valence-corrected chi connectivity index (χ4v) is 2.94. The smallest absolute Gasteiger partial charge is 0.221 e. The molecule has 3 N–H and O–H groups in total. The van der Waals surface area contributed by atoms with E-state index in [-0.39, 0.29) is 5.91 Å². The zero-order valence-corrected chi connectivity index (χ0v) is 13.8. The summed E-state index contributed by atoms with van der Waals surface area (Å²) in [6.07, 6.45) is 4.21. The van der Waals surface area contributed by atoms with E-state index in [0.717, 1.165) is 29.1 Å². The highest BCUT2D eigenvalue weighted by Crippen LogP contribution is 2.25. The molecule has 0 radical (unpaired) electrons. The molecule has 2 aromatic heterocycles. The van der Waals surface area contributed by atoms with Crippen LogP contribution in [0.15, 0.2) is 42.7 Å². The fourth-order valence-electron chi connectivity index (χ4n) is 2.94. The SMILES string of the molecule is O=C1CCNCc2cccc(c2)-c2cnn3ccc(nc23)NCCN1. The normalized spacial score (nSPS) is 15.8. The number of carbonyl (C=O) groups excluding carboxylic acids is 1. The Bertz CT molecular complexity index is 903. The molecule has 1 aromatic carbocycles. The molecule has 1 aliphatic heterocycles. The second-order valence-electron chi connectivity index (χ2n) is 6.04. The number of amides is 1. The van der Waals surface area contributed by atoms with Crippen LogP contribution in [0.1, 0.15) is 12.0 Å². The molecule has 4 rings (SSSR count). The molecule has 0 unspecified atom stereocenters. The molecule has 0 saturated heterocycles. The summed E-state index contributed by atoms with van der Waals surface area (Å²) in [4.78, 5) is 16.5. The first kappa shape index (κ1) is 15.6. The topological polar surface area (TPSA) is 83.4 Å². The number of nitrogens with one attached hydrogen (secondary N) is 3. The Morgan fingerprint density at radius 1 is 1.08 bits per heavy atom. The lowest BCUT2D eigenvalue weighted by molar-refractivity contribution is -0.120. The molecule has 3 heterocycles. The number of benzene rings is 1. The van der Waals surface area contributed by atoms with Gasteiger partial charge in [0.1, 0.15) is 5.82 Å². The van der Waals surface area contributed by atoms with Gasteiger partial charge in [0, 0.05) is 44.4 Å². The molecule has 0 fully saturated rings. The van der Waals surface area contributed by atoms with Gasteiger partial charge in [-0.2, -0.15) is 5.10 Å². The van der Waals surface area contributed by atoms with Crippen molar-refractivity contribution in [2.45, 2.75) is 13.0 Å². The van der Waals surface area contributed by atoms with Gasteiger partial charge in [0.2, 0.25) is 5.91 Å². The Morgan fingerprint density at radius 3 is 2.96 bits per heavy atom. The number of hydrogen-bond donors (Lipinski definition) is 3. The van der Waals surface area contributed by atoms with Crippen molar-refractivity contribution in [3.63, 3.8) is 0 Å². The zero-order chi connectivity index (χ0) is 17.1. The predicted octanol–water partition coefficient (Wildman–Crippen LogP) is 1.42. The highest BCUT2D eigenvalue weighted by Gasteiger charge is 2.10. The quantitative estimate of drug-likeness (QED) is 0.578. The van der Waals surface area contributed by atoms with E-state index >= 15 is 0 Å². The Kier molecular flexibility index (Phi) is 4.30. The average Bonchev–Trinajstić information content (AvgIpc) is 3.05. The molecule has 0 spiro atoms. The average molecular weight is 336 g/mol. The van der Waals surface area contributed by atoms with Crippen LogP contribution < -0.4 is 16.0 Å². The molecule has 1 aliphatic rings. The maximum atomic E-state index is 11.8. The van der Waals surface area contributed by atoms with Gasteiger partial charge in [-0.05, 0) is 23.3 Å². The minimum atomic E-state index is 0.0524. The maximum absolute atomic E-state index is 11.8. The number of anilines is 1. The highest BCUT2D eigenvalue weighted by atomic mass is 16.1. The third kappa shape index (κ3) is 3.46. The second-order valence-corrected chi connectivity index (χ2v) is 6.04. The van der Waals surface area contributed by atoms with Gasteiger partial charge in [0.15, 0.2) is 5.65 Å². The Labute approximate surface area is 145 Å². The van der Waals surface area contributed by atoms with Crippen molar-refractivity contribution < 1.29 is 4.79 Å². The monoisotopic (exact) mass is 336 g/mol. The Morgan fingerprint density at radius 2 is 2.00 bits per heavy atom. The van der Waals surface area contributed by atoms with Crippen molar-refractivity contribution in [3.8, 4) is 11.1 Å². The van der Waals surface area contributed by atoms with Gasteiger partial charge in [-0.1, -0.05) is 18.2 Å². The number of rotatable bonds is 0. The lowest BCUT2D eigenvalue weighted by Gasteiger charge is -2.10. The van der Waals surface area contributed by atoms with Crippen LogP contribution in [0.5, 0.6) is 0 Å². The Hall–Kier alpha value is -2.93. The number of carbonyl (C=O) groups is 1. The highest BCUT2D eigenvalue weighted by molar-refractivity contribution is 5.78. The zero-order valence-electron chi connectivity index (χ0n) is 13.8. The van der Waals surface area contributed by atoms with Gasteiger partial charge >= 0.3 is 0 Å². The lowest BCUT2D eigenvalue weighted by atomic mass is 10.1. The number of aromatic nitrogens is 3. The van der Waals surface area contributed by atoms with Gasteiger partial charge in [-0.15, -0.1) is 0 Å². The summed E-state index contributed by atoms with van der Waals surface area (Å²) in [6, 6.07) is 10.2. The second kappa shape index (κ2) is 6.90. The first-order valence-corrected chi connectivity index (χ1v) is 8.44. The van der Waals surface area contributed by atoms with Crippen LogP contribution in [0.2, 0.25) is 0 Å². The van der Waals surface area contributed by atoms with E-state index in [1.807, 2.05) is 24.5 Å². The molecule has 1 amide bonds. The van der Waals surface area contributed by atoms with Crippen molar-refractivity contribution in [1.29, 1.82) is 0 Å². The molecule has 128 valence electrons. The minimum Gasteiger partial charge on any atom is -0.368 e. The molecular weight excluding hydrogens is 316 g/mol. The van der Waals surface area contributed by atoms with Gasteiger partial charge in [0.25, 0.3) is 0 Å². The van der Waals surface area contributed by atoms with Crippen LogP contribution >= 0.6 is 0 Å². The van der Waals surface area contributed by atoms with E-state index in [0.29, 0.717) is 26.1 Å². The van der Waals surface area contributed by atoms with Crippen LogP contribution in [0.25, 0.3) is 16.8 Å². The summed E-state index contributed by atoms with van der Waals surface area (Å²) < 4.78 is 1.77. The van der Waals surface area contributed by atoms with E-state index in [4.69, 9.17) is 0 Å². The molecular formula is C18H20N6O. The molecule has 7 nitrogen and oxygen atoms in total. The van der Waals surface area contributed by atoms with Crippen molar-refractivity contribution in [2.75, 3.05) is 25.0 Å². The van der Waals surface area contributed by atoms with Crippen molar-refractivity contribution >= 4 is 17.4 Å². The summed E-state index contributed by atoms with van der Waals surface area (Å²) in [5.74, 6) is 0.824. The van der Waals surface area contributed by atoms with Gasteiger partial charge in [-0.25, -0.2) is 9.50 Å². The first-order chi connectivity index (χ1) is 12.3. The standard InChI is InChI=1S/C18H20N6O/c25-17-4-6-19-11-13-2-1-3-14(10-13)15-12-22-24-9-5-16(23-18(15)24)20-7-8-21-17/h1-3,5,9-10,12,19H,4,6-8,11H2,(H,20,23)(H,21,25). The largest absolute Gasteiger partial charge is 0.368 e. The predicted molar refractivity (Wildman–Crippen MR) is 96.2 cm³/mol.